The average Bonchev–Trinajstić information content (AvgIpc) is 3.60. The number of imide groups is 1. The third-order valence-corrected chi connectivity index (χ3v) is 9.67. The van der Waals surface area contributed by atoms with Crippen molar-refractivity contribution >= 4 is 48.2 Å². The van der Waals surface area contributed by atoms with Crippen LogP contribution in [-0.2, 0) is 4.74 Å². The maximum atomic E-state index is 13.7. The van der Waals surface area contributed by atoms with Gasteiger partial charge in [-0.1, -0.05) is 12.1 Å². The molecular weight excluding hydrogens is 589 g/mol. The van der Waals surface area contributed by atoms with Gasteiger partial charge < -0.3 is 0 Å². The predicted molar refractivity (Wildman–Crippen MR) is 152 cm³/mol. The molecule has 2 aromatic heterocycles. The Morgan fingerprint density at radius 1 is 0.902 bits per heavy atom. The monoisotopic (exact) mass is 615 g/mol. The summed E-state index contributed by atoms with van der Waals surface area (Å²) < 4.78 is 7.80. The summed E-state index contributed by atoms with van der Waals surface area (Å²) in [6, 6.07) is 26.5. The Balaban J connectivity index is 1.39. The summed E-state index contributed by atoms with van der Waals surface area (Å²) in [4.78, 5) is 41.7. The van der Waals surface area contributed by atoms with E-state index in [1.807, 2.05) is 30.3 Å². The van der Waals surface area contributed by atoms with Crippen LogP contribution in [0.2, 0.25) is 0 Å². The van der Waals surface area contributed by atoms with E-state index in [2.05, 4.69) is 15.0 Å². The van der Waals surface area contributed by atoms with E-state index < -0.39 is 43.6 Å². The van der Waals surface area contributed by atoms with Crippen molar-refractivity contribution in [3.63, 3.8) is 0 Å². The summed E-state index contributed by atoms with van der Waals surface area (Å²) in [5.74, 6) is -1.10. The zero-order chi connectivity index (χ0) is 28.4. The number of hydrogen-bond acceptors (Lipinski definition) is 8. The number of imidazole rings is 1. The summed E-state index contributed by atoms with van der Waals surface area (Å²) in [6.45, 7) is -0.364. The number of ether oxygens (including phenoxy) is 1. The molecule has 3 heterocycles. The minimum absolute atomic E-state index is 0.0249. The molecule has 1 saturated heterocycles. The van der Waals surface area contributed by atoms with Crippen LogP contribution < -0.4 is 9.36 Å². The van der Waals surface area contributed by atoms with Gasteiger partial charge in [0, 0.05) is 0 Å². The molecule has 5 aromatic rings. The number of nitrogens with zero attached hydrogens (tertiary/aromatic N) is 5. The zero-order valence-corrected chi connectivity index (χ0v) is 23.4. The number of benzene rings is 3. The van der Waals surface area contributed by atoms with Crippen LogP contribution in [0.15, 0.2) is 104 Å². The number of aliphatic hydroxyl groups is 2. The first-order valence-corrected chi connectivity index (χ1v) is 14.6. The first kappa shape index (κ1) is 26.9. The Kier molecular flexibility index (Phi) is 7.44. The molecule has 206 valence electrons. The zero-order valence-electron chi connectivity index (χ0n) is 21.6. The van der Waals surface area contributed by atoms with Crippen LogP contribution in [0.25, 0.3) is 11.2 Å². The van der Waals surface area contributed by atoms with E-state index in [0.717, 1.165) is 9.36 Å². The Morgan fingerprint density at radius 3 is 2.07 bits per heavy atom. The Labute approximate surface area is 241 Å². The number of aromatic nitrogens is 4. The molecule has 2 N–H and O–H groups in total. The fourth-order valence-corrected chi connectivity index (χ4v) is 7.18. The van der Waals surface area contributed by atoms with Crippen molar-refractivity contribution in [2.45, 2.75) is 23.3 Å². The van der Waals surface area contributed by atoms with Gasteiger partial charge in [0.25, 0.3) is 0 Å². The van der Waals surface area contributed by atoms with Gasteiger partial charge in [0.1, 0.15) is 0 Å². The molecule has 0 radical (unpaired) electrons. The number of amides is 2. The SMILES string of the molecule is O=C(c1ccccc1)N(C(=O)c1ccccc1)c1ncnc2c1ncn2[C@H]1C[C@H](O)[C@](CO)([Se]c2ccccc2)O1. The van der Waals surface area contributed by atoms with Crippen molar-refractivity contribution in [3.8, 4) is 0 Å². The van der Waals surface area contributed by atoms with Gasteiger partial charge >= 0.3 is 230 Å². The van der Waals surface area contributed by atoms with Gasteiger partial charge in [-0.05, 0) is 0 Å². The second-order valence-electron chi connectivity index (χ2n) is 9.41. The summed E-state index contributed by atoms with van der Waals surface area (Å²) in [5.41, 5.74) is 1.15. The van der Waals surface area contributed by atoms with Gasteiger partial charge in [0.15, 0.2) is 0 Å². The molecule has 6 rings (SSSR count). The third kappa shape index (κ3) is 5.06. The first-order chi connectivity index (χ1) is 20.0. The molecule has 2 amide bonds. The van der Waals surface area contributed by atoms with Gasteiger partial charge in [0.2, 0.25) is 0 Å². The van der Waals surface area contributed by atoms with Gasteiger partial charge in [-0.2, -0.15) is 0 Å². The van der Waals surface area contributed by atoms with Crippen LogP contribution in [0.3, 0.4) is 0 Å². The fraction of sp³-hybridized carbons (Fsp3) is 0.167. The number of carbonyl (C=O) groups is 2. The van der Waals surface area contributed by atoms with Gasteiger partial charge in [-0.15, -0.1) is 0 Å². The molecule has 0 spiro atoms. The summed E-state index contributed by atoms with van der Waals surface area (Å²) in [6.07, 6.45) is 1.31. The number of rotatable bonds is 7. The van der Waals surface area contributed by atoms with Crippen LogP contribution in [0.1, 0.15) is 33.4 Å². The quantitative estimate of drug-likeness (QED) is 0.211. The maximum absolute atomic E-state index is 13.7. The van der Waals surface area contributed by atoms with Crippen LogP contribution in [0, 0.1) is 0 Å². The molecule has 0 saturated carbocycles. The normalized spacial score (nSPS) is 20.2. The number of fused-ring (bicyclic) bond motifs is 1. The van der Waals surface area contributed by atoms with Crippen LogP contribution >= 0.6 is 0 Å². The number of anilines is 1. The molecule has 10 nitrogen and oxygen atoms in total. The number of aliphatic hydroxyl groups excluding tert-OH is 2. The molecule has 0 unspecified atom stereocenters. The molecule has 1 aliphatic heterocycles. The molecule has 1 fully saturated rings. The summed E-state index contributed by atoms with van der Waals surface area (Å²) in [7, 11) is 0. The molecule has 0 bridgehead atoms. The molecule has 41 heavy (non-hydrogen) atoms. The average molecular weight is 615 g/mol. The first-order valence-electron chi connectivity index (χ1n) is 12.9. The molecule has 1 aliphatic rings. The van der Waals surface area contributed by atoms with Gasteiger partial charge in [-0.3, -0.25) is 0 Å². The van der Waals surface area contributed by atoms with Crippen molar-refractivity contribution in [3.05, 3.63) is 115 Å². The van der Waals surface area contributed by atoms with Crippen molar-refractivity contribution in [1.29, 1.82) is 0 Å². The van der Waals surface area contributed by atoms with Crippen LogP contribution in [-0.4, -0.2) is 73.7 Å². The predicted octanol–water partition coefficient (Wildman–Crippen LogP) is 2.31. The van der Waals surface area contributed by atoms with E-state index in [0.29, 0.717) is 16.8 Å². The molecule has 3 atom stereocenters. The van der Waals surface area contributed by atoms with Crippen molar-refractivity contribution in [2.24, 2.45) is 0 Å². The van der Waals surface area contributed by atoms with E-state index in [9.17, 15) is 19.8 Å². The Bertz CT molecular complexity index is 1630. The van der Waals surface area contributed by atoms with Crippen LogP contribution in [0.5, 0.6) is 0 Å². The Hall–Kier alpha value is -4.25. The number of carbonyl (C=O) groups excluding carboxylic acids is 2. The number of hydrogen-bond donors (Lipinski definition) is 2. The fourth-order valence-electron chi connectivity index (χ4n) is 4.77. The van der Waals surface area contributed by atoms with E-state index in [-0.39, 0.29) is 24.4 Å². The van der Waals surface area contributed by atoms with Crippen molar-refractivity contribution < 1.29 is 24.5 Å². The second kappa shape index (κ2) is 11.3. The Morgan fingerprint density at radius 2 is 1.49 bits per heavy atom. The minimum atomic E-state index is -1.16. The topological polar surface area (TPSA) is 131 Å². The van der Waals surface area contributed by atoms with Crippen molar-refractivity contribution in [2.75, 3.05) is 11.5 Å². The molecular formula is C30H25N5O5Se. The molecule has 11 heteroatoms. The van der Waals surface area contributed by atoms with Gasteiger partial charge in [-0.25, -0.2) is 0 Å². The van der Waals surface area contributed by atoms with E-state index in [1.165, 1.54) is 12.7 Å². The standard InChI is InChI=1S/C30H25N5O5Se/c36-17-30(41-22-14-8-3-9-15-22)23(37)16-24(40-30)34-19-33-25-26(34)31-18-32-27(25)35(28(38)20-10-4-1-5-11-20)29(39)21-12-6-2-7-13-21/h1-15,18-19,23-24,36-37H,16-17H2/t23-,24+,30-/m0/s1. The van der Waals surface area contributed by atoms with Crippen molar-refractivity contribution in [1.82, 2.24) is 19.5 Å². The van der Waals surface area contributed by atoms with E-state index >= 15 is 0 Å². The van der Waals surface area contributed by atoms with E-state index in [4.69, 9.17) is 4.74 Å². The van der Waals surface area contributed by atoms with E-state index in [1.54, 1.807) is 65.2 Å². The third-order valence-electron chi connectivity index (χ3n) is 6.83. The molecule has 0 aliphatic carbocycles. The second-order valence-corrected chi connectivity index (χ2v) is 12.3. The summed E-state index contributed by atoms with van der Waals surface area (Å²) in [5, 5.41) is 21.4. The summed E-state index contributed by atoms with van der Waals surface area (Å²) >= 11 is -0.394. The molecule has 3 aromatic carbocycles. The van der Waals surface area contributed by atoms with Crippen LogP contribution in [0.4, 0.5) is 5.82 Å². The van der Waals surface area contributed by atoms with Gasteiger partial charge in [0.05, 0.1) is 0 Å².